The van der Waals surface area contributed by atoms with Gasteiger partial charge in [-0.2, -0.15) is 0 Å². The molecule has 3 aromatic carbocycles. The molecule has 4 aromatic rings. The predicted octanol–water partition coefficient (Wildman–Crippen LogP) is 6.76. The molecule has 1 saturated heterocycles. The SMILES string of the molecule is CCCOc1cccc(C2/C(=C(\O)c3ccc(OCC)cc3)C(=O)C(=O)N2c2nc3ccc(Cl)cc3s2)c1. The molecule has 1 aromatic heterocycles. The number of aromatic nitrogens is 1. The number of rotatable bonds is 8. The summed E-state index contributed by atoms with van der Waals surface area (Å²) in [5.41, 5.74) is 1.64. The molecule has 7 nitrogen and oxygen atoms in total. The summed E-state index contributed by atoms with van der Waals surface area (Å²) in [5.74, 6) is -0.601. The lowest BCUT2D eigenvalue weighted by molar-refractivity contribution is -0.132. The summed E-state index contributed by atoms with van der Waals surface area (Å²) in [5, 5.41) is 12.3. The standard InChI is InChI=1S/C29H25ClN2O5S/c1-3-14-37-21-7-5-6-18(15-21)25-24(26(33)17-8-11-20(12-9-17)36-4-2)27(34)28(35)32(25)29-31-22-13-10-19(30)16-23(22)38-29/h5-13,15-16,25,33H,3-4,14H2,1-2H3/b26-24+. The van der Waals surface area contributed by atoms with Crippen molar-refractivity contribution in [2.45, 2.75) is 26.3 Å². The average Bonchev–Trinajstić information content (AvgIpc) is 3.45. The first-order valence-electron chi connectivity index (χ1n) is 12.2. The third kappa shape index (κ3) is 4.85. The van der Waals surface area contributed by atoms with E-state index in [-0.39, 0.29) is 11.3 Å². The number of nitrogens with zero attached hydrogens (tertiary/aromatic N) is 2. The van der Waals surface area contributed by atoms with Crippen LogP contribution < -0.4 is 14.4 Å². The second-order valence-corrected chi connectivity index (χ2v) is 10.1. The van der Waals surface area contributed by atoms with Crippen LogP contribution in [0.4, 0.5) is 5.13 Å². The van der Waals surface area contributed by atoms with Gasteiger partial charge in [0.05, 0.1) is 35.0 Å². The molecule has 0 bridgehead atoms. The third-order valence-electron chi connectivity index (χ3n) is 6.08. The summed E-state index contributed by atoms with van der Waals surface area (Å²) in [6, 6.07) is 18.3. The first kappa shape index (κ1) is 25.8. The number of Topliss-reactive ketones (excluding diaryl/α,β-unsaturated/α-hetero) is 1. The van der Waals surface area contributed by atoms with Gasteiger partial charge in [-0.3, -0.25) is 14.5 Å². The van der Waals surface area contributed by atoms with Gasteiger partial charge in [0, 0.05) is 10.6 Å². The Balaban J connectivity index is 1.67. The van der Waals surface area contributed by atoms with Gasteiger partial charge >= 0.3 is 5.91 Å². The lowest BCUT2D eigenvalue weighted by Gasteiger charge is -2.23. The highest BCUT2D eigenvalue weighted by molar-refractivity contribution is 7.22. The van der Waals surface area contributed by atoms with Gasteiger partial charge in [0.1, 0.15) is 17.3 Å². The van der Waals surface area contributed by atoms with Crippen LogP contribution >= 0.6 is 22.9 Å². The van der Waals surface area contributed by atoms with E-state index in [1.165, 1.54) is 16.2 Å². The van der Waals surface area contributed by atoms with Crippen LogP contribution in [0.25, 0.3) is 16.0 Å². The average molecular weight is 549 g/mol. The number of benzene rings is 3. The molecule has 2 heterocycles. The number of aliphatic hydroxyl groups excluding tert-OH is 1. The maximum Gasteiger partial charge on any atom is 0.301 e. The van der Waals surface area contributed by atoms with Crippen molar-refractivity contribution < 1.29 is 24.2 Å². The zero-order valence-corrected chi connectivity index (χ0v) is 22.4. The Hall–Kier alpha value is -3.88. The minimum absolute atomic E-state index is 0.0240. The van der Waals surface area contributed by atoms with E-state index >= 15 is 0 Å². The van der Waals surface area contributed by atoms with Crippen LogP contribution in [0.5, 0.6) is 11.5 Å². The molecule has 1 aliphatic heterocycles. The highest BCUT2D eigenvalue weighted by Gasteiger charge is 2.48. The number of carbonyl (C=O) groups excluding carboxylic acids is 2. The van der Waals surface area contributed by atoms with Crippen LogP contribution in [-0.4, -0.2) is 35.0 Å². The fraction of sp³-hybridized carbons (Fsp3) is 0.207. The zero-order valence-electron chi connectivity index (χ0n) is 20.8. The number of fused-ring (bicyclic) bond motifs is 1. The lowest BCUT2D eigenvalue weighted by Crippen LogP contribution is -2.29. The summed E-state index contributed by atoms with van der Waals surface area (Å²) in [4.78, 5) is 32.9. The topological polar surface area (TPSA) is 89.0 Å². The number of halogens is 1. The van der Waals surface area contributed by atoms with Crippen molar-refractivity contribution in [1.29, 1.82) is 0 Å². The molecular formula is C29H25ClN2O5S. The summed E-state index contributed by atoms with van der Waals surface area (Å²) in [6.07, 6.45) is 0.828. The largest absolute Gasteiger partial charge is 0.507 e. The van der Waals surface area contributed by atoms with E-state index in [0.29, 0.717) is 51.5 Å². The van der Waals surface area contributed by atoms with Crippen molar-refractivity contribution in [3.8, 4) is 11.5 Å². The molecule has 1 N–H and O–H groups in total. The van der Waals surface area contributed by atoms with Crippen LogP contribution in [0.15, 0.2) is 72.3 Å². The number of anilines is 1. The Kier molecular flexibility index (Phi) is 7.35. The van der Waals surface area contributed by atoms with E-state index in [9.17, 15) is 14.7 Å². The number of ketones is 1. The number of hydrogen-bond acceptors (Lipinski definition) is 7. The molecular weight excluding hydrogens is 524 g/mol. The Morgan fingerprint density at radius 1 is 1.03 bits per heavy atom. The Bertz CT molecular complexity index is 1550. The molecule has 194 valence electrons. The quantitative estimate of drug-likeness (QED) is 0.149. The van der Waals surface area contributed by atoms with Crippen molar-refractivity contribution in [3.05, 3.63) is 88.5 Å². The molecule has 1 unspecified atom stereocenters. The molecule has 1 fully saturated rings. The van der Waals surface area contributed by atoms with E-state index in [1.54, 1.807) is 60.7 Å². The van der Waals surface area contributed by atoms with Crippen molar-refractivity contribution in [2.75, 3.05) is 18.1 Å². The van der Waals surface area contributed by atoms with Crippen LogP contribution in [0.2, 0.25) is 5.02 Å². The molecule has 38 heavy (non-hydrogen) atoms. The number of aliphatic hydroxyl groups is 1. The molecule has 0 saturated carbocycles. The third-order valence-corrected chi connectivity index (χ3v) is 7.33. The summed E-state index contributed by atoms with van der Waals surface area (Å²) >= 11 is 7.42. The normalized spacial score (nSPS) is 16.8. The van der Waals surface area contributed by atoms with Gasteiger partial charge in [-0.15, -0.1) is 0 Å². The smallest absolute Gasteiger partial charge is 0.301 e. The highest BCUT2D eigenvalue weighted by atomic mass is 35.5. The molecule has 0 radical (unpaired) electrons. The highest BCUT2D eigenvalue weighted by Crippen LogP contribution is 2.45. The van der Waals surface area contributed by atoms with E-state index in [0.717, 1.165) is 11.1 Å². The fourth-order valence-corrected chi connectivity index (χ4v) is 5.63. The van der Waals surface area contributed by atoms with Crippen molar-refractivity contribution in [1.82, 2.24) is 4.98 Å². The number of thiazole rings is 1. The molecule has 0 aliphatic carbocycles. The van der Waals surface area contributed by atoms with Gasteiger partial charge in [0.15, 0.2) is 5.13 Å². The number of hydrogen-bond donors (Lipinski definition) is 1. The van der Waals surface area contributed by atoms with Gasteiger partial charge in [-0.05, 0) is 73.5 Å². The van der Waals surface area contributed by atoms with E-state index < -0.39 is 17.7 Å². The Labute approximate surface area is 228 Å². The fourth-order valence-electron chi connectivity index (χ4n) is 4.36. The van der Waals surface area contributed by atoms with Crippen molar-refractivity contribution in [2.24, 2.45) is 0 Å². The van der Waals surface area contributed by atoms with Crippen LogP contribution in [0.3, 0.4) is 0 Å². The molecule has 1 amide bonds. The van der Waals surface area contributed by atoms with Crippen LogP contribution in [-0.2, 0) is 9.59 Å². The summed E-state index contributed by atoms with van der Waals surface area (Å²) in [7, 11) is 0. The lowest BCUT2D eigenvalue weighted by atomic mass is 9.95. The molecule has 1 aliphatic rings. The predicted molar refractivity (Wildman–Crippen MR) is 149 cm³/mol. The van der Waals surface area contributed by atoms with E-state index in [4.69, 9.17) is 21.1 Å². The van der Waals surface area contributed by atoms with Crippen LogP contribution in [0.1, 0.15) is 37.4 Å². The van der Waals surface area contributed by atoms with Crippen molar-refractivity contribution >= 4 is 55.7 Å². The minimum Gasteiger partial charge on any atom is -0.507 e. The summed E-state index contributed by atoms with van der Waals surface area (Å²) in [6.45, 7) is 4.91. The van der Waals surface area contributed by atoms with Gasteiger partial charge in [-0.1, -0.05) is 42.0 Å². The molecule has 5 rings (SSSR count). The maximum absolute atomic E-state index is 13.5. The maximum atomic E-state index is 13.5. The Morgan fingerprint density at radius 2 is 1.82 bits per heavy atom. The number of carbonyl (C=O) groups is 2. The van der Waals surface area contributed by atoms with Gasteiger partial charge in [0.2, 0.25) is 0 Å². The van der Waals surface area contributed by atoms with Gasteiger partial charge in [-0.25, -0.2) is 4.98 Å². The second kappa shape index (κ2) is 10.8. The van der Waals surface area contributed by atoms with Gasteiger partial charge in [0.25, 0.3) is 5.78 Å². The van der Waals surface area contributed by atoms with Crippen LogP contribution in [0, 0.1) is 0 Å². The number of ether oxygens (including phenoxy) is 2. The molecule has 9 heteroatoms. The summed E-state index contributed by atoms with van der Waals surface area (Å²) < 4.78 is 12.1. The number of amides is 1. The zero-order chi connectivity index (χ0) is 26.8. The first-order chi connectivity index (χ1) is 18.4. The molecule has 1 atom stereocenters. The monoisotopic (exact) mass is 548 g/mol. The Morgan fingerprint density at radius 3 is 2.55 bits per heavy atom. The minimum atomic E-state index is -0.914. The van der Waals surface area contributed by atoms with Gasteiger partial charge < -0.3 is 14.6 Å². The second-order valence-electron chi connectivity index (χ2n) is 8.66. The van der Waals surface area contributed by atoms with Crippen molar-refractivity contribution in [3.63, 3.8) is 0 Å². The first-order valence-corrected chi connectivity index (χ1v) is 13.4. The van der Waals surface area contributed by atoms with E-state index in [1.807, 2.05) is 19.9 Å². The molecule has 0 spiro atoms. The van der Waals surface area contributed by atoms with E-state index in [2.05, 4.69) is 4.98 Å².